The van der Waals surface area contributed by atoms with E-state index in [4.69, 9.17) is 4.74 Å². The minimum atomic E-state index is -1.27. The summed E-state index contributed by atoms with van der Waals surface area (Å²) >= 11 is 0. The second-order valence-electron chi connectivity index (χ2n) is 8.25. The molecule has 39 heavy (non-hydrogen) atoms. The van der Waals surface area contributed by atoms with E-state index in [0.717, 1.165) is 0 Å². The first-order valence-corrected chi connectivity index (χ1v) is 11.8. The van der Waals surface area contributed by atoms with E-state index in [2.05, 4.69) is 0 Å². The highest BCUT2D eigenvalue weighted by atomic mass is 16.6. The van der Waals surface area contributed by atoms with E-state index in [-0.39, 0.29) is 11.1 Å². The van der Waals surface area contributed by atoms with Gasteiger partial charge in [0.1, 0.15) is 0 Å². The Bertz CT molecular complexity index is 1450. The first-order chi connectivity index (χ1) is 18.9. The zero-order valence-corrected chi connectivity index (χ0v) is 20.5. The highest BCUT2D eigenvalue weighted by molar-refractivity contribution is 6.44. The third-order valence-corrected chi connectivity index (χ3v) is 5.77. The van der Waals surface area contributed by atoms with Crippen molar-refractivity contribution in [1.29, 1.82) is 0 Å². The van der Waals surface area contributed by atoms with Gasteiger partial charge in [0.2, 0.25) is 0 Å². The van der Waals surface area contributed by atoms with E-state index < -0.39 is 23.9 Å². The minimum Gasteiger partial charge on any atom is -0.478 e. The number of hydrogen-bond donors (Lipinski definition) is 2. The van der Waals surface area contributed by atoms with Crippen LogP contribution in [0.3, 0.4) is 0 Å². The molecule has 0 saturated carbocycles. The topological polar surface area (TPSA) is 118 Å². The van der Waals surface area contributed by atoms with Crippen LogP contribution >= 0.6 is 0 Å². The van der Waals surface area contributed by atoms with Crippen LogP contribution in [0.1, 0.15) is 22.3 Å². The molecule has 0 radical (unpaired) electrons. The third kappa shape index (κ3) is 6.06. The molecule has 4 aromatic rings. The molecule has 0 fully saturated rings. The maximum absolute atomic E-state index is 11.9. The monoisotopic (exact) mass is 518 g/mol. The molecular formula is C32H22O7. The van der Waals surface area contributed by atoms with Crippen molar-refractivity contribution >= 4 is 46.2 Å². The van der Waals surface area contributed by atoms with E-state index in [1.165, 1.54) is 0 Å². The molecule has 192 valence electrons. The lowest BCUT2D eigenvalue weighted by Gasteiger charge is -2.09. The van der Waals surface area contributed by atoms with E-state index in [0.29, 0.717) is 33.4 Å². The van der Waals surface area contributed by atoms with Crippen LogP contribution in [0.4, 0.5) is 0 Å². The molecule has 0 spiro atoms. The Morgan fingerprint density at radius 1 is 0.462 bits per heavy atom. The van der Waals surface area contributed by atoms with E-state index >= 15 is 0 Å². The summed E-state index contributed by atoms with van der Waals surface area (Å²) in [6.45, 7) is 0. The fraction of sp³-hybridized carbons (Fsp3) is 0. The van der Waals surface area contributed by atoms with Crippen molar-refractivity contribution in [2.45, 2.75) is 0 Å². The molecular weight excluding hydrogens is 496 g/mol. The normalized spacial score (nSPS) is 13.1. The summed E-state index contributed by atoms with van der Waals surface area (Å²) in [5.74, 6) is -3.71. The van der Waals surface area contributed by atoms with Gasteiger partial charge in [-0.15, -0.1) is 0 Å². The Balaban J connectivity index is 0.000000181. The average Bonchev–Trinajstić information content (AvgIpc) is 3.26. The predicted molar refractivity (Wildman–Crippen MR) is 146 cm³/mol. The van der Waals surface area contributed by atoms with Crippen LogP contribution in [0, 0.1) is 0 Å². The molecule has 5 rings (SSSR count). The Labute approximate surface area is 223 Å². The van der Waals surface area contributed by atoms with Crippen molar-refractivity contribution in [3.05, 3.63) is 144 Å². The average molecular weight is 519 g/mol. The number of hydrogen-bond acceptors (Lipinski definition) is 5. The smallest absolute Gasteiger partial charge is 0.347 e. The summed E-state index contributed by atoms with van der Waals surface area (Å²) in [5, 5.41) is 18.8. The van der Waals surface area contributed by atoms with Gasteiger partial charge in [-0.3, -0.25) is 0 Å². The fourth-order valence-corrected chi connectivity index (χ4v) is 4.08. The molecule has 7 nitrogen and oxygen atoms in total. The number of carboxylic acid groups (broad SMARTS) is 2. The van der Waals surface area contributed by atoms with Gasteiger partial charge in [-0.25, -0.2) is 19.2 Å². The summed E-state index contributed by atoms with van der Waals surface area (Å²) in [6.07, 6.45) is 0. The van der Waals surface area contributed by atoms with E-state index in [1.807, 2.05) is 36.4 Å². The lowest BCUT2D eigenvalue weighted by molar-refractivity contribution is -0.149. The van der Waals surface area contributed by atoms with Gasteiger partial charge >= 0.3 is 23.9 Å². The summed E-state index contributed by atoms with van der Waals surface area (Å²) in [7, 11) is 0. The highest BCUT2D eigenvalue weighted by Gasteiger charge is 2.34. The standard InChI is InChI=1S/C16H12O4.C16H10O3/c17-15(18)13(11-7-3-1-4-8-11)14(16(19)20)12-9-5-2-6-10-12;17-15-13(11-7-3-1-4-8-11)14(16(18)19-15)12-9-5-2-6-10-12/h1-10H,(H,17,18)(H,19,20);1-10H/b14-13+;. The Hall–Kier alpha value is -5.56. The zero-order valence-electron chi connectivity index (χ0n) is 20.5. The molecule has 0 aromatic heterocycles. The van der Waals surface area contributed by atoms with Crippen LogP contribution in [0.2, 0.25) is 0 Å². The minimum absolute atomic E-state index is 0.218. The Morgan fingerprint density at radius 2 is 0.744 bits per heavy atom. The molecule has 4 aromatic carbocycles. The number of benzene rings is 4. The molecule has 0 bridgehead atoms. The highest BCUT2D eigenvalue weighted by Crippen LogP contribution is 2.33. The van der Waals surface area contributed by atoms with Gasteiger partial charge in [-0.2, -0.15) is 0 Å². The molecule has 0 amide bonds. The zero-order chi connectivity index (χ0) is 27.8. The van der Waals surface area contributed by atoms with Crippen LogP contribution < -0.4 is 0 Å². The van der Waals surface area contributed by atoms with Gasteiger partial charge in [0, 0.05) is 0 Å². The maximum Gasteiger partial charge on any atom is 0.347 e. The van der Waals surface area contributed by atoms with Crippen molar-refractivity contribution in [2.75, 3.05) is 0 Å². The number of rotatable bonds is 6. The van der Waals surface area contributed by atoms with Gasteiger partial charge in [0.05, 0.1) is 22.3 Å². The molecule has 0 saturated heterocycles. The fourth-order valence-electron chi connectivity index (χ4n) is 4.08. The number of esters is 2. The molecule has 1 heterocycles. The maximum atomic E-state index is 11.9. The quantitative estimate of drug-likeness (QED) is 0.151. The second kappa shape index (κ2) is 12.1. The molecule has 0 aliphatic carbocycles. The van der Waals surface area contributed by atoms with E-state index in [1.54, 1.807) is 84.9 Å². The Kier molecular flexibility index (Phi) is 8.23. The first-order valence-electron chi connectivity index (χ1n) is 11.8. The number of aliphatic carboxylic acids is 2. The number of carbonyl (C=O) groups excluding carboxylic acids is 2. The summed E-state index contributed by atoms with van der Waals surface area (Å²) < 4.78 is 4.74. The number of ether oxygens (including phenoxy) is 1. The molecule has 0 atom stereocenters. The van der Waals surface area contributed by atoms with Crippen molar-refractivity contribution < 1.29 is 34.1 Å². The first kappa shape index (κ1) is 26.5. The Morgan fingerprint density at radius 3 is 1.03 bits per heavy atom. The number of cyclic esters (lactones) is 2. The lowest BCUT2D eigenvalue weighted by atomic mass is 9.94. The predicted octanol–water partition coefficient (Wildman–Crippen LogP) is 5.45. The van der Waals surface area contributed by atoms with Crippen LogP contribution in [0.25, 0.3) is 22.3 Å². The van der Waals surface area contributed by atoms with Crippen LogP contribution in [0.5, 0.6) is 0 Å². The number of carboxylic acids is 2. The molecule has 1 aliphatic rings. The van der Waals surface area contributed by atoms with Crippen LogP contribution in [-0.2, 0) is 23.9 Å². The van der Waals surface area contributed by atoms with Gasteiger partial charge in [-0.1, -0.05) is 121 Å². The molecule has 2 N–H and O–H groups in total. The SMILES string of the molecule is O=C(O)/C(=C(/C(=O)O)c1ccccc1)c1ccccc1.O=C1OC(=O)C(c2ccccc2)=C1c1ccccc1. The number of carbonyl (C=O) groups is 4. The van der Waals surface area contributed by atoms with Crippen molar-refractivity contribution in [3.63, 3.8) is 0 Å². The largest absolute Gasteiger partial charge is 0.478 e. The van der Waals surface area contributed by atoms with E-state index in [9.17, 15) is 29.4 Å². The molecule has 1 aliphatic heterocycles. The van der Waals surface area contributed by atoms with Gasteiger partial charge in [0.25, 0.3) is 0 Å². The lowest BCUT2D eigenvalue weighted by Crippen LogP contribution is -2.10. The second-order valence-corrected chi connectivity index (χ2v) is 8.25. The van der Waals surface area contributed by atoms with Gasteiger partial charge < -0.3 is 14.9 Å². The van der Waals surface area contributed by atoms with Gasteiger partial charge in [0.15, 0.2) is 0 Å². The summed E-state index contributed by atoms with van der Waals surface area (Å²) in [6, 6.07) is 34.6. The van der Waals surface area contributed by atoms with Crippen LogP contribution in [0.15, 0.2) is 121 Å². The van der Waals surface area contributed by atoms with Crippen molar-refractivity contribution in [1.82, 2.24) is 0 Å². The summed E-state index contributed by atoms with van der Waals surface area (Å²) in [5.41, 5.74) is 2.33. The van der Waals surface area contributed by atoms with Crippen molar-refractivity contribution in [2.24, 2.45) is 0 Å². The third-order valence-electron chi connectivity index (χ3n) is 5.77. The van der Waals surface area contributed by atoms with Gasteiger partial charge in [-0.05, 0) is 22.3 Å². The van der Waals surface area contributed by atoms with Crippen LogP contribution in [-0.4, -0.2) is 34.1 Å². The molecule has 7 heteroatoms. The van der Waals surface area contributed by atoms with Crippen molar-refractivity contribution in [3.8, 4) is 0 Å². The summed E-state index contributed by atoms with van der Waals surface area (Å²) in [4.78, 5) is 46.7. The molecule has 0 unspecified atom stereocenters.